The van der Waals surface area contributed by atoms with Crippen LogP contribution in [0.3, 0.4) is 0 Å². The van der Waals surface area contributed by atoms with E-state index in [0.29, 0.717) is 19.0 Å². The van der Waals surface area contributed by atoms with E-state index in [-0.39, 0.29) is 5.92 Å². The van der Waals surface area contributed by atoms with Crippen LogP contribution in [0.4, 0.5) is 4.39 Å². The molecule has 0 spiro atoms. The molecule has 0 aromatic carbocycles. The van der Waals surface area contributed by atoms with Crippen LogP contribution >= 0.6 is 0 Å². The van der Waals surface area contributed by atoms with Gasteiger partial charge < -0.3 is 5.11 Å². The van der Waals surface area contributed by atoms with Crippen molar-refractivity contribution >= 4 is 5.97 Å². The summed E-state index contributed by atoms with van der Waals surface area (Å²) in [4.78, 5) is 12.4. The van der Waals surface area contributed by atoms with E-state index in [2.05, 4.69) is 0 Å². The molecule has 1 saturated heterocycles. The molecule has 0 bridgehead atoms. The highest BCUT2D eigenvalue weighted by atomic mass is 19.1. The molecule has 0 amide bonds. The molecule has 2 unspecified atom stereocenters. The Morgan fingerprint density at radius 2 is 2.20 bits per heavy atom. The van der Waals surface area contributed by atoms with E-state index in [9.17, 15) is 9.18 Å². The number of carbonyl (C=O) groups is 1. The topological polar surface area (TPSA) is 40.5 Å². The predicted octanol–water partition coefficient (Wildman–Crippen LogP) is 1.70. The maximum Gasteiger partial charge on any atom is 0.327 e. The third-order valence-electron chi connectivity index (χ3n) is 2.70. The van der Waals surface area contributed by atoms with Crippen LogP contribution in [0.1, 0.15) is 20.3 Å². The third kappa shape index (κ3) is 4.00. The van der Waals surface area contributed by atoms with Crippen molar-refractivity contribution in [2.24, 2.45) is 5.92 Å². The summed E-state index contributed by atoms with van der Waals surface area (Å²) < 4.78 is 13.3. The summed E-state index contributed by atoms with van der Waals surface area (Å²) in [7, 11) is 0. The van der Waals surface area contributed by atoms with Crippen molar-refractivity contribution in [3.63, 3.8) is 0 Å². The summed E-state index contributed by atoms with van der Waals surface area (Å²) in [6.45, 7) is 5.27. The number of likely N-dealkylation sites (tertiary alicyclic amines) is 1. The molecule has 4 heteroatoms. The first-order valence-electron chi connectivity index (χ1n) is 5.28. The van der Waals surface area contributed by atoms with Gasteiger partial charge in [0, 0.05) is 25.2 Å². The Kier molecular flexibility index (Phi) is 4.27. The number of carboxylic acid groups (broad SMARTS) is 1. The van der Waals surface area contributed by atoms with Gasteiger partial charge in [-0.3, -0.25) is 4.90 Å². The highest BCUT2D eigenvalue weighted by Gasteiger charge is 2.26. The molecule has 86 valence electrons. The van der Waals surface area contributed by atoms with Gasteiger partial charge in [0.15, 0.2) is 0 Å². The number of rotatable bonds is 3. The summed E-state index contributed by atoms with van der Waals surface area (Å²) in [5.41, 5.74) is 0. The molecule has 1 aliphatic rings. The first-order valence-corrected chi connectivity index (χ1v) is 5.28. The molecule has 2 atom stereocenters. The fraction of sp³-hybridized carbons (Fsp3) is 0.727. The molecule has 0 saturated carbocycles. The van der Waals surface area contributed by atoms with E-state index >= 15 is 0 Å². The largest absolute Gasteiger partial charge is 0.478 e. The lowest BCUT2D eigenvalue weighted by Crippen LogP contribution is -2.44. The number of nitrogens with zero attached hydrogens (tertiary/aromatic N) is 1. The third-order valence-corrected chi connectivity index (χ3v) is 2.70. The number of carboxylic acids is 1. The van der Waals surface area contributed by atoms with E-state index < -0.39 is 12.1 Å². The van der Waals surface area contributed by atoms with Crippen LogP contribution in [0, 0.1) is 5.92 Å². The van der Waals surface area contributed by atoms with Gasteiger partial charge in [0.1, 0.15) is 6.17 Å². The Balaban J connectivity index is 2.55. The van der Waals surface area contributed by atoms with Gasteiger partial charge in [-0.05, 0) is 26.2 Å². The summed E-state index contributed by atoms with van der Waals surface area (Å²) >= 11 is 0. The monoisotopic (exact) mass is 215 g/mol. The van der Waals surface area contributed by atoms with E-state index in [4.69, 9.17) is 5.11 Å². The summed E-state index contributed by atoms with van der Waals surface area (Å²) in [6, 6.07) is 0.310. The maximum absolute atomic E-state index is 13.3. The molecule has 0 aromatic heterocycles. The van der Waals surface area contributed by atoms with Gasteiger partial charge >= 0.3 is 5.97 Å². The Bertz CT molecular complexity index is 253. The quantitative estimate of drug-likeness (QED) is 0.728. The molecule has 0 radical (unpaired) electrons. The number of alkyl halides is 1. The van der Waals surface area contributed by atoms with Crippen LogP contribution in [0.2, 0.25) is 0 Å². The van der Waals surface area contributed by atoms with Crippen molar-refractivity contribution in [2.45, 2.75) is 32.5 Å². The standard InChI is InChI=1S/C11H18FNO2/c1-8(2)13-6-9(3-4-11(14)15)5-10(12)7-13/h3-4,8-10H,5-7H2,1-2H3,(H,14,15)/b4-3+. The van der Waals surface area contributed by atoms with Gasteiger partial charge in [-0.1, -0.05) is 6.08 Å². The second kappa shape index (κ2) is 5.26. The van der Waals surface area contributed by atoms with Crippen molar-refractivity contribution < 1.29 is 14.3 Å². The Labute approximate surface area is 89.6 Å². The molecule has 1 heterocycles. The number of halogens is 1. The minimum Gasteiger partial charge on any atom is -0.478 e. The van der Waals surface area contributed by atoms with Gasteiger partial charge in [-0.25, -0.2) is 9.18 Å². The number of aliphatic carboxylic acids is 1. The average Bonchev–Trinajstić information content (AvgIpc) is 2.13. The molecule has 0 aromatic rings. The maximum atomic E-state index is 13.3. The van der Waals surface area contributed by atoms with Crippen molar-refractivity contribution in [3.8, 4) is 0 Å². The number of hydrogen-bond acceptors (Lipinski definition) is 2. The first kappa shape index (κ1) is 12.2. The molecule has 1 aliphatic heterocycles. The molecule has 0 aliphatic carbocycles. The lowest BCUT2D eigenvalue weighted by atomic mass is 9.95. The summed E-state index contributed by atoms with van der Waals surface area (Å²) in [5, 5.41) is 8.49. The van der Waals surface area contributed by atoms with Gasteiger partial charge in [0.25, 0.3) is 0 Å². The van der Waals surface area contributed by atoms with E-state index in [1.165, 1.54) is 0 Å². The summed E-state index contributed by atoms with van der Waals surface area (Å²) in [5.74, 6) is -0.945. The lowest BCUT2D eigenvalue weighted by Gasteiger charge is -2.36. The molecule has 3 nitrogen and oxygen atoms in total. The Morgan fingerprint density at radius 1 is 1.53 bits per heavy atom. The first-order chi connectivity index (χ1) is 6.99. The van der Waals surface area contributed by atoms with E-state index in [1.807, 2.05) is 18.7 Å². The Hall–Kier alpha value is -0.900. The van der Waals surface area contributed by atoms with Gasteiger partial charge in [-0.2, -0.15) is 0 Å². The highest BCUT2D eigenvalue weighted by Crippen LogP contribution is 2.21. The molecule has 1 fully saturated rings. The van der Waals surface area contributed by atoms with Crippen LogP contribution in [-0.4, -0.2) is 41.3 Å². The second-order valence-electron chi connectivity index (χ2n) is 4.34. The van der Waals surface area contributed by atoms with Crippen LogP contribution in [0.15, 0.2) is 12.2 Å². The zero-order valence-electron chi connectivity index (χ0n) is 9.19. The molecule has 1 rings (SSSR count). The normalized spacial score (nSPS) is 28.8. The van der Waals surface area contributed by atoms with Crippen molar-refractivity contribution in [3.05, 3.63) is 12.2 Å². The lowest BCUT2D eigenvalue weighted by molar-refractivity contribution is -0.131. The van der Waals surface area contributed by atoms with Crippen LogP contribution in [0.25, 0.3) is 0 Å². The molecule has 1 N–H and O–H groups in total. The van der Waals surface area contributed by atoms with Crippen LogP contribution in [-0.2, 0) is 4.79 Å². The molecular formula is C11H18FNO2. The fourth-order valence-corrected chi connectivity index (χ4v) is 1.89. The predicted molar refractivity (Wildman–Crippen MR) is 56.5 cm³/mol. The minimum absolute atomic E-state index is 0.0206. The Morgan fingerprint density at radius 3 is 2.73 bits per heavy atom. The van der Waals surface area contributed by atoms with Crippen LogP contribution in [0.5, 0.6) is 0 Å². The van der Waals surface area contributed by atoms with Gasteiger partial charge in [-0.15, -0.1) is 0 Å². The SMILES string of the molecule is CC(C)N1CC(F)CC(/C=C/C(=O)O)C1. The van der Waals surface area contributed by atoms with Crippen molar-refractivity contribution in [1.82, 2.24) is 4.90 Å². The van der Waals surface area contributed by atoms with Crippen molar-refractivity contribution in [2.75, 3.05) is 13.1 Å². The summed E-state index contributed by atoms with van der Waals surface area (Å²) in [6.07, 6.45) is 2.31. The van der Waals surface area contributed by atoms with Gasteiger partial charge in [0.05, 0.1) is 0 Å². The zero-order chi connectivity index (χ0) is 11.4. The average molecular weight is 215 g/mol. The molecule has 15 heavy (non-hydrogen) atoms. The van der Waals surface area contributed by atoms with E-state index in [1.54, 1.807) is 6.08 Å². The molecular weight excluding hydrogens is 197 g/mol. The fourth-order valence-electron chi connectivity index (χ4n) is 1.89. The van der Waals surface area contributed by atoms with Gasteiger partial charge in [0.2, 0.25) is 0 Å². The van der Waals surface area contributed by atoms with Crippen molar-refractivity contribution in [1.29, 1.82) is 0 Å². The second-order valence-corrected chi connectivity index (χ2v) is 4.34. The van der Waals surface area contributed by atoms with E-state index in [0.717, 1.165) is 12.6 Å². The highest BCUT2D eigenvalue weighted by molar-refractivity contribution is 5.79. The van der Waals surface area contributed by atoms with Crippen LogP contribution < -0.4 is 0 Å². The minimum atomic E-state index is -0.966. The number of hydrogen-bond donors (Lipinski definition) is 1. The smallest absolute Gasteiger partial charge is 0.327 e. The number of piperidine rings is 1. The zero-order valence-corrected chi connectivity index (χ0v) is 9.19.